The Bertz CT molecular complexity index is 269. The first-order valence-corrected chi connectivity index (χ1v) is 8.15. The summed E-state index contributed by atoms with van der Waals surface area (Å²) >= 11 is 0. The second-order valence-corrected chi connectivity index (χ2v) is 7.34. The van der Waals surface area contributed by atoms with Gasteiger partial charge in [-0.05, 0) is 64.1 Å². The Balaban J connectivity index is 1.95. The molecule has 0 aromatic carbocycles. The molecular weight excluding hydrogens is 234 g/mol. The summed E-state index contributed by atoms with van der Waals surface area (Å²) < 4.78 is 0. The molecule has 1 heterocycles. The van der Waals surface area contributed by atoms with Gasteiger partial charge in [0.2, 0.25) is 0 Å². The van der Waals surface area contributed by atoms with Crippen LogP contribution in [-0.2, 0) is 0 Å². The molecule has 3 nitrogen and oxygen atoms in total. The topological polar surface area (TPSA) is 32.5 Å². The largest absolute Gasteiger partial charge is 0.327 e. The highest BCUT2D eigenvalue weighted by Gasteiger charge is 2.34. The number of nitrogens with two attached hydrogens (primary N) is 1. The van der Waals surface area contributed by atoms with Crippen molar-refractivity contribution in [3.63, 3.8) is 0 Å². The monoisotopic (exact) mass is 267 g/mol. The zero-order valence-electron chi connectivity index (χ0n) is 13.3. The van der Waals surface area contributed by atoms with Crippen LogP contribution >= 0.6 is 0 Å². The van der Waals surface area contributed by atoms with Crippen molar-refractivity contribution < 1.29 is 0 Å². The maximum Gasteiger partial charge on any atom is 0.0194 e. The summed E-state index contributed by atoms with van der Waals surface area (Å²) in [6.45, 7) is 12.0. The average molecular weight is 267 g/mol. The van der Waals surface area contributed by atoms with Crippen molar-refractivity contribution in [1.82, 2.24) is 9.80 Å². The molecule has 1 saturated heterocycles. The molecule has 0 aromatic rings. The van der Waals surface area contributed by atoms with Crippen LogP contribution in [0.2, 0.25) is 0 Å². The van der Waals surface area contributed by atoms with E-state index in [0.717, 1.165) is 11.8 Å². The molecule has 0 bridgehead atoms. The summed E-state index contributed by atoms with van der Waals surface area (Å²) in [5.41, 5.74) is 6.45. The highest BCUT2D eigenvalue weighted by Crippen LogP contribution is 2.33. The SMILES string of the molecule is CC1CC(C)C(CN2CCCN(C)CC2C)C(N)C1. The fourth-order valence-electron chi connectivity index (χ4n) is 4.25. The van der Waals surface area contributed by atoms with Gasteiger partial charge in [0.1, 0.15) is 0 Å². The Morgan fingerprint density at radius 2 is 1.84 bits per heavy atom. The summed E-state index contributed by atoms with van der Waals surface area (Å²) in [6.07, 6.45) is 3.88. The zero-order chi connectivity index (χ0) is 14.0. The summed E-state index contributed by atoms with van der Waals surface area (Å²) in [7, 11) is 2.25. The fourth-order valence-corrected chi connectivity index (χ4v) is 4.25. The summed E-state index contributed by atoms with van der Waals surface area (Å²) in [4.78, 5) is 5.16. The predicted molar refractivity (Wildman–Crippen MR) is 82.2 cm³/mol. The van der Waals surface area contributed by atoms with Crippen LogP contribution < -0.4 is 5.73 Å². The minimum absolute atomic E-state index is 0.409. The standard InChI is InChI=1S/C16H33N3/c1-12-8-13(2)15(16(17)9-12)11-19-7-5-6-18(4)10-14(19)3/h12-16H,5-11,17H2,1-4H3. The second kappa shape index (κ2) is 6.55. The van der Waals surface area contributed by atoms with Crippen molar-refractivity contribution in [2.45, 2.75) is 52.1 Å². The van der Waals surface area contributed by atoms with E-state index in [-0.39, 0.29) is 0 Å². The molecule has 2 fully saturated rings. The van der Waals surface area contributed by atoms with Gasteiger partial charge in [-0.3, -0.25) is 4.90 Å². The van der Waals surface area contributed by atoms with Crippen molar-refractivity contribution in [3.8, 4) is 0 Å². The molecule has 0 spiro atoms. The lowest BCUT2D eigenvalue weighted by Crippen LogP contribution is -2.49. The quantitative estimate of drug-likeness (QED) is 0.831. The molecule has 3 heteroatoms. The summed E-state index contributed by atoms with van der Waals surface area (Å²) in [6, 6.07) is 1.08. The lowest BCUT2D eigenvalue weighted by molar-refractivity contribution is 0.0976. The van der Waals surface area contributed by atoms with E-state index >= 15 is 0 Å². The van der Waals surface area contributed by atoms with Crippen LogP contribution in [0.3, 0.4) is 0 Å². The molecule has 0 radical (unpaired) electrons. The third-order valence-electron chi connectivity index (χ3n) is 5.36. The molecule has 0 amide bonds. The minimum atomic E-state index is 0.409. The first-order chi connectivity index (χ1) is 8.97. The first-order valence-electron chi connectivity index (χ1n) is 8.15. The lowest BCUT2D eigenvalue weighted by atomic mass is 9.72. The van der Waals surface area contributed by atoms with E-state index in [1.807, 2.05) is 0 Å². The van der Waals surface area contributed by atoms with Gasteiger partial charge in [0.15, 0.2) is 0 Å². The number of hydrogen-bond acceptors (Lipinski definition) is 3. The van der Waals surface area contributed by atoms with Gasteiger partial charge in [-0.25, -0.2) is 0 Å². The summed E-state index contributed by atoms with van der Waals surface area (Å²) in [5, 5.41) is 0. The van der Waals surface area contributed by atoms with Crippen LogP contribution in [0, 0.1) is 17.8 Å². The smallest absolute Gasteiger partial charge is 0.0194 e. The van der Waals surface area contributed by atoms with Crippen molar-refractivity contribution in [2.24, 2.45) is 23.5 Å². The molecule has 1 aliphatic heterocycles. The molecule has 1 aliphatic carbocycles. The Kier molecular flexibility index (Phi) is 5.27. The highest BCUT2D eigenvalue weighted by molar-refractivity contribution is 4.89. The van der Waals surface area contributed by atoms with E-state index in [2.05, 4.69) is 37.6 Å². The van der Waals surface area contributed by atoms with Gasteiger partial charge >= 0.3 is 0 Å². The second-order valence-electron chi connectivity index (χ2n) is 7.34. The Labute approximate surface area is 119 Å². The van der Waals surface area contributed by atoms with Crippen LogP contribution in [0.5, 0.6) is 0 Å². The molecule has 112 valence electrons. The summed E-state index contributed by atoms with van der Waals surface area (Å²) in [5.74, 6) is 2.29. The van der Waals surface area contributed by atoms with Crippen LogP contribution in [0.1, 0.15) is 40.0 Å². The Hall–Kier alpha value is -0.120. The maximum atomic E-state index is 6.45. The molecule has 2 rings (SSSR count). The van der Waals surface area contributed by atoms with E-state index < -0.39 is 0 Å². The average Bonchev–Trinajstić information content (AvgIpc) is 2.45. The van der Waals surface area contributed by atoms with Gasteiger partial charge in [-0.1, -0.05) is 13.8 Å². The van der Waals surface area contributed by atoms with Crippen molar-refractivity contribution in [3.05, 3.63) is 0 Å². The lowest BCUT2D eigenvalue weighted by Gasteiger charge is -2.41. The normalized spacial score (nSPS) is 43.1. The van der Waals surface area contributed by atoms with Gasteiger partial charge in [0, 0.05) is 25.2 Å². The Morgan fingerprint density at radius 3 is 2.53 bits per heavy atom. The molecule has 2 N–H and O–H groups in total. The van der Waals surface area contributed by atoms with Gasteiger partial charge in [0.05, 0.1) is 0 Å². The highest BCUT2D eigenvalue weighted by atomic mass is 15.2. The number of likely N-dealkylation sites (N-methyl/N-ethyl adjacent to an activating group) is 1. The molecule has 1 saturated carbocycles. The van der Waals surface area contributed by atoms with Gasteiger partial charge < -0.3 is 10.6 Å². The molecule has 2 aliphatic rings. The number of hydrogen-bond donors (Lipinski definition) is 1. The van der Waals surface area contributed by atoms with Crippen molar-refractivity contribution >= 4 is 0 Å². The molecule has 0 aromatic heterocycles. The Morgan fingerprint density at radius 1 is 1.11 bits per heavy atom. The third-order valence-corrected chi connectivity index (χ3v) is 5.36. The molecule has 19 heavy (non-hydrogen) atoms. The van der Waals surface area contributed by atoms with Gasteiger partial charge in [-0.15, -0.1) is 0 Å². The molecular formula is C16H33N3. The number of rotatable bonds is 2. The minimum Gasteiger partial charge on any atom is -0.327 e. The number of nitrogens with zero attached hydrogens (tertiary/aromatic N) is 2. The predicted octanol–water partition coefficient (Wildman–Crippen LogP) is 2.02. The third kappa shape index (κ3) is 3.93. The molecule has 5 atom stereocenters. The van der Waals surface area contributed by atoms with E-state index in [4.69, 9.17) is 5.73 Å². The van der Waals surface area contributed by atoms with E-state index in [1.54, 1.807) is 0 Å². The molecule has 5 unspecified atom stereocenters. The van der Waals surface area contributed by atoms with Crippen LogP contribution in [-0.4, -0.2) is 55.1 Å². The van der Waals surface area contributed by atoms with E-state index in [0.29, 0.717) is 18.0 Å². The first kappa shape index (κ1) is 15.3. The van der Waals surface area contributed by atoms with Crippen molar-refractivity contribution in [2.75, 3.05) is 33.2 Å². The van der Waals surface area contributed by atoms with Gasteiger partial charge in [0.25, 0.3) is 0 Å². The van der Waals surface area contributed by atoms with Crippen molar-refractivity contribution in [1.29, 1.82) is 0 Å². The van der Waals surface area contributed by atoms with E-state index in [1.165, 1.54) is 45.4 Å². The van der Waals surface area contributed by atoms with Crippen LogP contribution in [0.25, 0.3) is 0 Å². The van der Waals surface area contributed by atoms with Crippen LogP contribution in [0.4, 0.5) is 0 Å². The van der Waals surface area contributed by atoms with Crippen LogP contribution in [0.15, 0.2) is 0 Å². The fraction of sp³-hybridized carbons (Fsp3) is 1.00. The van der Waals surface area contributed by atoms with Gasteiger partial charge in [-0.2, -0.15) is 0 Å². The maximum absolute atomic E-state index is 6.45. The zero-order valence-corrected chi connectivity index (χ0v) is 13.3. The van der Waals surface area contributed by atoms with E-state index in [9.17, 15) is 0 Å².